The zero-order chi connectivity index (χ0) is 24.9. The second-order valence-corrected chi connectivity index (χ2v) is 7.60. The van der Waals surface area contributed by atoms with E-state index >= 15 is 0 Å². The predicted octanol–water partition coefficient (Wildman–Crippen LogP) is 4.43. The van der Waals surface area contributed by atoms with E-state index < -0.39 is 11.9 Å². The maximum atomic E-state index is 14.6. The quantitative estimate of drug-likeness (QED) is 0.422. The topological polar surface area (TPSA) is 105 Å². The first-order valence-electron chi connectivity index (χ1n) is 10.7. The molecular formula is C25H23FN6O3. The number of methoxy groups -OCH3 is 2. The highest BCUT2D eigenvalue weighted by molar-refractivity contribution is 5.89. The monoisotopic (exact) mass is 474 g/mol. The van der Waals surface area contributed by atoms with E-state index in [1.807, 2.05) is 12.1 Å². The van der Waals surface area contributed by atoms with Gasteiger partial charge >= 0.3 is 6.09 Å². The van der Waals surface area contributed by atoms with E-state index in [-0.39, 0.29) is 0 Å². The molecule has 10 heteroatoms. The van der Waals surface area contributed by atoms with Crippen molar-refractivity contribution >= 4 is 28.5 Å². The molecule has 2 heterocycles. The van der Waals surface area contributed by atoms with Crippen LogP contribution in [0.15, 0.2) is 54.9 Å². The Morgan fingerprint density at radius 2 is 1.94 bits per heavy atom. The van der Waals surface area contributed by atoms with E-state index in [2.05, 4.69) is 21.4 Å². The van der Waals surface area contributed by atoms with Crippen molar-refractivity contribution in [2.45, 2.75) is 6.54 Å². The summed E-state index contributed by atoms with van der Waals surface area (Å²) >= 11 is 0. The molecule has 9 nitrogen and oxygen atoms in total. The van der Waals surface area contributed by atoms with Crippen LogP contribution in [-0.4, -0.2) is 48.4 Å². The Kier molecular flexibility index (Phi) is 6.78. The Morgan fingerprint density at radius 3 is 2.63 bits per heavy atom. The molecule has 0 atom stereocenters. The van der Waals surface area contributed by atoms with Crippen LogP contribution >= 0.6 is 0 Å². The molecule has 0 saturated heterocycles. The van der Waals surface area contributed by atoms with Gasteiger partial charge in [-0.1, -0.05) is 12.1 Å². The first-order valence-corrected chi connectivity index (χ1v) is 10.7. The maximum absolute atomic E-state index is 14.6. The van der Waals surface area contributed by atoms with Crippen molar-refractivity contribution in [3.05, 3.63) is 66.4 Å². The number of carbonyl (C=O) groups is 1. The molecule has 2 aromatic carbocycles. The summed E-state index contributed by atoms with van der Waals surface area (Å²) in [6.45, 7) is 0.735. The highest BCUT2D eigenvalue weighted by Gasteiger charge is 2.16. The molecule has 0 fully saturated rings. The number of hydrogen-bond donors (Lipinski definition) is 1. The first-order chi connectivity index (χ1) is 17.0. The molecule has 0 unspecified atom stereocenters. The zero-order valence-corrected chi connectivity index (χ0v) is 19.4. The Labute approximate surface area is 201 Å². The van der Waals surface area contributed by atoms with Crippen molar-refractivity contribution in [3.63, 3.8) is 0 Å². The van der Waals surface area contributed by atoms with E-state index in [0.717, 1.165) is 5.56 Å². The lowest BCUT2D eigenvalue weighted by molar-refractivity contribution is 0.180. The van der Waals surface area contributed by atoms with E-state index in [1.165, 1.54) is 31.5 Å². The Morgan fingerprint density at radius 1 is 1.17 bits per heavy atom. The van der Waals surface area contributed by atoms with E-state index in [0.29, 0.717) is 52.6 Å². The van der Waals surface area contributed by atoms with Gasteiger partial charge in [0.15, 0.2) is 0 Å². The molecule has 35 heavy (non-hydrogen) atoms. The normalized spacial score (nSPS) is 10.6. The van der Waals surface area contributed by atoms with Crippen LogP contribution in [-0.2, 0) is 11.3 Å². The summed E-state index contributed by atoms with van der Waals surface area (Å²) in [5.74, 6) is 0.667. The SMILES string of the molecule is COC(=O)N(C)c1ccc(-c2cc(NCCn3c(C#N)cc4c(OC)ccc(F)c43)ncn2)cc1. The number of amides is 1. The van der Waals surface area contributed by atoms with Gasteiger partial charge < -0.3 is 19.4 Å². The number of hydrogen-bond acceptors (Lipinski definition) is 7. The number of nitrogens with one attached hydrogen (secondary N) is 1. The molecular weight excluding hydrogens is 451 g/mol. The molecule has 0 aliphatic carbocycles. The number of fused-ring (bicyclic) bond motifs is 1. The van der Waals surface area contributed by atoms with Crippen LogP contribution in [0.5, 0.6) is 5.75 Å². The summed E-state index contributed by atoms with van der Waals surface area (Å²) < 4.78 is 26.3. The zero-order valence-electron chi connectivity index (χ0n) is 19.4. The third kappa shape index (κ3) is 4.70. The number of aromatic nitrogens is 3. The van der Waals surface area contributed by atoms with Crippen molar-refractivity contribution in [2.24, 2.45) is 0 Å². The molecule has 4 aromatic rings. The van der Waals surface area contributed by atoms with Crippen molar-refractivity contribution in [3.8, 4) is 23.1 Å². The van der Waals surface area contributed by atoms with Gasteiger partial charge in [-0.25, -0.2) is 19.2 Å². The minimum Gasteiger partial charge on any atom is -0.496 e. The van der Waals surface area contributed by atoms with Gasteiger partial charge in [0.05, 0.1) is 25.4 Å². The Balaban J connectivity index is 1.50. The maximum Gasteiger partial charge on any atom is 0.413 e. The third-order valence-corrected chi connectivity index (χ3v) is 5.61. The van der Waals surface area contributed by atoms with E-state index in [9.17, 15) is 14.4 Å². The van der Waals surface area contributed by atoms with Crippen LogP contribution in [0, 0.1) is 17.1 Å². The molecule has 0 saturated carbocycles. The Hall–Kier alpha value is -4.65. The van der Waals surface area contributed by atoms with Crippen molar-refractivity contribution in [1.29, 1.82) is 5.26 Å². The number of rotatable bonds is 7. The molecule has 0 aliphatic rings. The standard InChI is InChI=1S/C25H23FN6O3/c1-31(25(33)35-3)17-6-4-16(5-7-17)21-13-23(30-15-29-21)28-10-11-32-18(14-27)12-19-22(34-2)9-8-20(26)24(19)32/h4-9,12-13,15H,10-11H2,1-3H3,(H,28,29,30). The third-order valence-electron chi connectivity index (χ3n) is 5.61. The second-order valence-electron chi connectivity index (χ2n) is 7.60. The number of carbonyl (C=O) groups excluding carboxylic acids is 1. The second kappa shape index (κ2) is 10.1. The van der Waals surface area contributed by atoms with Gasteiger partial charge in [-0.05, 0) is 30.3 Å². The molecule has 0 bridgehead atoms. The largest absolute Gasteiger partial charge is 0.496 e. The fourth-order valence-corrected chi connectivity index (χ4v) is 3.82. The van der Waals surface area contributed by atoms with Gasteiger partial charge in [-0.2, -0.15) is 5.26 Å². The van der Waals surface area contributed by atoms with Crippen LogP contribution in [0.3, 0.4) is 0 Å². The van der Waals surface area contributed by atoms with Gasteiger partial charge in [0, 0.05) is 42.8 Å². The van der Waals surface area contributed by atoms with Gasteiger partial charge in [-0.15, -0.1) is 0 Å². The molecule has 1 N–H and O–H groups in total. The van der Waals surface area contributed by atoms with Crippen LogP contribution < -0.4 is 15.0 Å². The molecule has 0 spiro atoms. The van der Waals surface area contributed by atoms with Crippen LogP contribution in [0.25, 0.3) is 22.2 Å². The minimum atomic E-state index is -0.459. The summed E-state index contributed by atoms with van der Waals surface area (Å²) in [4.78, 5) is 21.7. The molecule has 0 aliphatic heterocycles. The number of benzene rings is 2. The van der Waals surface area contributed by atoms with Gasteiger partial charge in [-0.3, -0.25) is 4.90 Å². The molecule has 2 aromatic heterocycles. The average Bonchev–Trinajstić information content (AvgIpc) is 3.27. The van der Waals surface area contributed by atoms with E-state index in [1.54, 1.807) is 41.9 Å². The summed E-state index contributed by atoms with van der Waals surface area (Å²) in [5.41, 5.74) is 2.88. The number of ether oxygens (including phenoxy) is 2. The van der Waals surface area contributed by atoms with Gasteiger partial charge in [0.1, 0.15) is 35.5 Å². The smallest absolute Gasteiger partial charge is 0.413 e. The lowest BCUT2D eigenvalue weighted by Gasteiger charge is -2.15. The van der Waals surface area contributed by atoms with Crippen molar-refractivity contribution < 1.29 is 18.7 Å². The lowest BCUT2D eigenvalue weighted by Crippen LogP contribution is -2.25. The summed E-state index contributed by atoms with van der Waals surface area (Å²) in [6.07, 6.45) is 0.988. The van der Waals surface area contributed by atoms with Crippen LogP contribution in [0.1, 0.15) is 5.69 Å². The van der Waals surface area contributed by atoms with Crippen LogP contribution in [0.4, 0.5) is 20.7 Å². The van der Waals surface area contributed by atoms with Crippen molar-refractivity contribution in [1.82, 2.24) is 14.5 Å². The Bertz CT molecular complexity index is 1410. The fourth-order valence-electron chi connectivity index (χ4n) is 3.82. The molecule has 0 radical (unpaired) electrons. The van der Waals surface area contributed by atoms with Crippen molar-refractivity contribution in [2.75, 3.05) is 38.0 Å². The first kappa shape index (κ1) is 23.5. The lowest BCUT2D eigenvalue weighted by atomic mass is 10.1. The summed E-state index contributed by atoms with van der Waals surface area (Å²) in [7, 11) is 4.46. The fraction of sp³-hybridized carbons (Fsp3) is 0.200. The highest BCUT2D eigenvalue weighted by Crippen LogP contribution is 2.31. The van der Waals surface area contributed by atoms with E-state index in [4.69, 9.17) is 9.47 Å². The number of nitrogens with zero attached hydrogens (tertiary/aromatic N) is 5. The van der Waals surface area contributed by atoms with Gasteiger partial charge in [0.25, 0.3) is 0 Å². The summed E-state index contributed by atoms with van der Waals surface area (Å²) in [5, 5.41) is 13.3. The van der Waals surface area contributed by atoms with Gasteiger partial charge in [0.2, 0.25) is 0 Å². The minimum absolute atomic E-state index is 0.322. The number of halogens is 1. The number of anilines is 2. The predicted molar refractivity (Wildman–Crippen MR) is 130 cm³/mol. The highest BCUT2D eigenvalue weighted by atomic mass is 19.1. The van der Waals surface area contributed by atoms with Crippen LogP contribution in [0.2, 0.25) is 0 Å². The molecule has 4 rings (SSSR count). The number of nitriles is 1. The average molecular weight is 474 g/mol. The molecule has 1 amide bonds. The molecule has 178 valence electrons. The summed E-state index contributed by atoms with van der Waals surface area (Å²) in [6, 6.07) is 15.7.